The fourth-order valence-corrected chi connectivity index (χ4v) is 2.57. The van der Waals surface area contributed by atoms with Gasteiger partial charge in [-0.3, -0.25) is 4.90 Å². The van der Waals surface area contributed by atoms with Crippen LogP contribution in [-0.4, -0.2) is 30.0 Å². The zero-order chi connectivity index (χ0) is 12.4. The molecule has 0 spiro atoms. The van der Waals surface area contributed by atoms with E-state index in [2.05, 4.69) is 21.3 Å². The lowest BCUT2D eigenvalue weighted by Gasteiger charge is -2.23. The van der Waals surface area contributed by atoms with Crippen molar-refractivity contribution in [2.75, 3.05) is 25.5 Å². The van der Waals surface area contributed by atoms with Gasteiger partial charge in [-0.1, -0.05) is 6.07 Å². The maximum Gasteiger partial charge on any atom is 0.130 e. The zero-order valence-corrected chi connectivity index (χ0v) is 11.2. The molecule has 2 aliphatic rings. The summed E-state index contributed by atoms with van der Waals surface area (Å²) in [6, 6.07) is 4.24. The Labute approximate surface area is 110 Å². The highest BCUT2D eigenvalue weighted by molar-refractivity contribution is 5.42. The molecule has 2 fully saturated rings. The first-order valence-electron chi connectivity index (χ1n) is 7.19. The van der Waals surface area contributed by atoms with Gasteiger partial charge < -0.3 is 5.32 Å². The summed E-state index contributed by atoms with van der Waals surface area (Å²) in [6.45, 7) is 3.63. The Morgan fingerprint density at radius 1 is 1.22 bits per heavy atom. The highest BCUT2D eigenvalue weighted by atomic mass is 15.1. The van der Waals surface area contributed by atoms with E-state index >= 15 is 0 Å². The van der Waals surface area contributed by atoms with Crippen LogP contribution in [0.15, 0.2) is 18.3 Å². The lowest BCUT2D eigenvalue weighted by atomic mass is 10.2. The molecule has 0 bridgehead atoms. The lowest BCUT2D eigenvalue weighted by Crippen LogP contribution is -2.28. The van der Waals surface area contributed by atoms with E-state index in [1.54, 1.807) is 0 Å². The number of aromatic nitrogens is 1. The monoisotopic (exact) mass is 245 g/mol. The SMILES string of the molecule is CNc1ncccc1CN(CC1CC1)CC1CC1. The number of pyridine rings is 1. The van der Waals surface area contributed by atoms with Crippen LogP contribution in [0.3, 0.4) is 0 Å². The number of rotatable bonds is 7. The van der Waals surface area contributed by atoms with Crippen LogP contribution in [0, 0.1) is 11.8 Å². The Bertz CT molecular complexity index is 382. The maximum atomic E-state index is 4.40. The van der Waals surface area contributed by atoms with Gasteiger partial charge in [0.05, 0.1) is 0 Å². The quantitative estimate of drug-likeness (QED) is 0.800. The second-order valence-electron chi connectivity index (χ2n) is 5.84. The summed E-state index contributed by atoms with van der Waals surface area (Å²) < 4.78 is 0. The van der Waals surface area contributed by atoms with E-state index in [1.165, 1.54) is 44.3 Å². The van der Waals surface area contributed by atoms with Crippen LogP contribution in [0.5, 0.6) is 0 Å². The summed E-state index contributed by atoms with van der Waals surface area (Å²) in [4.78, 5) is 7.05. The normalized spacial score (nSPS) is 19.2. The number of hydrogen-bond donors (Lipinski definition) is 1. The fraction of sp³-hybridized carbons (Fsp3) is 0.667. The van der Waals surface area contributed by atoms with Crippen molar-refractivity contribution in [3.63, 3.8) is 0 Å². The summed E-state index contributed by atoms with van der Waals surface area (Å²) in [6.07, 6.45) is 7.61. The second kappa shape index (κ2) is 5.27. The minimum Gasteiger partial charge on any atom is -0.373 e. The molecule has 0 saturated heterocycles. The van der Waals surface area contributed by atoms with Crippen molar-refractivity contribution in [1.29, 1.82) is 0 Å². The number of nitrogens with one attached hydrogen (secondary N) is 1. The standard InChI is InChI=1S/C15H23N3/c1-16-15-14(3-2-8-17-15)11-18(9-12-4-5-12)10-13-6-7-13/h2-3,8,12-13H,4-7,9-11H2,1H3,(H,16,17). The molecule has 2 saturated carbocycles. The third kappa shape index (κ3) is 3.22. The van der Waals surface area contributed by atoms with Gasteiger partial charge in [-0.25, -0.2) is 4.98 Å². The van der Waals surface area contributed by atoms with E-state index < -0.39 is 0 Å². The van der Waals surface area contributed by atoms with E-state index in [4.69, 9.17) is 0 Å². The molecule has 18 heavy (non-hydrogen) atoms. The van der Waals surface area contributed by atoms with Crippen LogP contribution >= 0.6 is 0 Å². The Morgan fingerprint density at radius 3 is 2.44 bits per heavy atom. The molecular formula is C15H23N3. The molecule has 98 valence electrons. The molecule has 1 N–H and O–H groups in total. The van der Waals surface area contributed by atoms with Crippen LogP contribution in [0.25, 0.3) is 0 Å². The van der Waals surface area contributed by atoms with Gasteiger partial charge in [0.15, 0.2) is 0 Å². The summed E-state index contributed by atoms with van der Waals surface area (Å²) in [5, 5.41) is 3.20. The smallest absolute Gasteiger partial charge is 0.130 e. The molecule has 0 atom stereocenters. The van der Waals surface area contributed by atoms with Gasteiger partial charge in [0, 0.05) is 38.4 Å². The molecule has 1 aromatic rings. The highest BCUT2D eigenvalue weighted by Crippen LogP contribution is 2.34. The predicted molar refractivity (Wildman–Crippen MR) is 74.5 cm³/mol. The van der Waals surface area contributed by atoms with Crippen molar-refractivity contribution in [2.24, 2.45) is 11.8 Å². The molecule has 0 unspecified atom stereocenters. The third-order valence-corrected chi connectivity index (χ3v) is 3.95. The van der Waals surface area contributed by atoms with E-state index in [1.807, 2.05) is 19.3 Å². The molecule has 1 aromatic heterocycles. The molecule has 3 nitrogen and oxygen atoms in total. The summed E-state index contributed by atoms with van der Waals surface area (Å²) in [5.74, 6) is 2.98. The molecule has 0 aliphatic heterocycles. The van der Waals surface area contributed by atoms with Crippen molar-refractivity contribution >= 4 is 5.82 Å². The van der Waals surface area contributed by atoms with Crippen LogP contribution in [0.4, 0.5) is 5.82 Å². The Morgan fingerprint density at radius 2 is 1.89 bits per heavy atom. The van der Waals surface area contributed by atoms with E-state index in [9.17, 15) is 0 Å². The molecular weight excluding hydrogens is 222 g/mol. The van der Waals surface area contributed by atoms with E-state index in [0.29, 0.717) is 0 Å². The molecule has 2 aliphatic carbocycles. The van der Waals surface area contributed by atoms with Gasteiger partial charge in [-0.05, 0) is 43.6 Å². The van der Waals surface area contributed by atoms with Crippen LogP contribution < -0.4 is 5.32 Å². The largest absolute Gasteiger partial charge is 0.373 e. The third-order valence-electron chi connectivity index (χ3n) is 3.95. The zero-order valence-electron chi connectivity index (χ0n) is 11.2. The first-order chi connectivity index (χ1) is 8.85. The van der Waals surface area contributed by atoms with Crippen LogP contribution in [-0.2, 0) is 6.54 Å². The minimum absolute atomic E-state index is 0.971. The molecule has 3 rings (SSSR count). The van der Waals surface area contributed by atoms with Crippen molar-refractivity contribution in [2.45, 2.75) is 32.2 Å². The first-order valence-corrected chi connectivity index (χ1v) is 7.19. The number of nitrogens with zero attached hydrogens (tertiary/aromatic N) is 2. The minimum atomic E-state index is 0.971. The van der Waals surface area contributed by atoms with E-state index in [0.717, 1.165) is 24.2 Å². The summed E-state index contributed by atoms with van der Waals surface area (Å²) >= 11 is 0. The van der Waals surface area contributed by atoms with Crippen molar-refractivity contribution in [3.05, 3.63) is 23.9 Å². The van der Waals surface area contributed by atoms with Gasteiger partial charge in [-0.2, -0.15) is 0 Å². The Hall–Kier alpha value is -1.09. The molecule has 0 amide bonds. The predicted octanol–water partition coefficient (Wildman–Crippen LogP) is 2.75. The van der Waals surface area contributed by atoms with Gasteiger partial charge in [0.25, 0.3) is 0 Å². The fourth-order valence-electron chi connectivity index (χ4n) is 2.57. The molecule has 0 radical (unpaired) electrons. The maximum absolute atomic E-state index is 4.40. The first kappa shape index (κ1) is 12.0. The van der Waals surface area contributed by atoms with Gasteiger partial charge in [-0.15, -0.1) is 0 Å². The Kier molecular flexibility index (Phi) is 3.50. The van der Waals surface area contributed by atoms with Crippen molar-refractivity contribution < 1.29 is 0 Å². The molecule has 3 heteroatoms. The van der Waals surface area contributed by atoms with Gasteiger partial charge >= 0.3 is 0 Å². The topological polar surface area (TPSA) is 28.2 Å². The van der Waals surface area contributed by atoms with Crippen molar-refractivity contribution in [3.8, 4) is 0 Å². The summed E-state index contributed by atoms with van der Waals surface area (Å²) in [5.41, 5.74) is 1.33. The molecule has 1 heterocycles. The lowest BCUT2D eigenvalue weighted by molar-refractivity contribution is 0.244. The second-order valence-corrected chi connectivity index (χ2v) is 5.84. The molecule has 0 aromatic carbocycles. The number of anilines is 1. The van der Waals surface area contributed by atoms with Gasteiger partial charge in [0.2, 0.25) is 0 Å². The van der Waals surface area contributed by atoms with E-state index in [-0.39, 0.29) is 0 Å². The van der Waals surface area contributed by atoms with Crippen LogP contribution in [0.2, 0.25) is 0 Å². The van der Waals surface area contributed by atoms with Gasteiger partial charge in [0.1, 0.15) is 5.82 Å². The highest BCUT2D eigenvalue weighted by Gasteiger charge is 2.29. The average Bonchev–Trinajstić information content (AvgIpc) is 3.26. The summed E-state index contributed by atoms with van der Waals surface area (Å²) in [7, 11) is 1.96. The Balaban J connectivity index is 1.65. The number of hydrogen-bond acceptors (Lipinski definition) is 3. The van der Waals surface area contributed by atoms with Crippen LogP contribution in [0.1, 0.15) is 31.2 Å². The van der Waals surface area contributed by atoms with Crippen molar-refractivity contribution in [1.82, 2.24) is 9.88 Å². The average molecular weight is 245 g/mol.